The summed E-state index contributed by atoms with van der Waals surface area (Å²) >= 11 is 0. The molecule has 0 aromatic heterocycles. The molecule has 3 aliphatic heterocycles. The fourth-order valence-electron chi connectivity index (χ4n) is 3.85. The SMILES string of the molecule is CNCCC1(CC2=COCCC23CCOC3)CCOC1. The van der Waals surface area contributed by atoms with E-state index in [-0.39, 0.29) is 5.41 Å². The van der Waals surface area contributed by atoms with E-state index in [0.717, 1.165) is 58.8 Å². The van der Waals surface area contributed by atoms with E-state index in [1.54, 1.807) is 0 Å². The Bertz CT molecular complexity index is 355. The van der Waals surface area contributed by atoms with Crippen LogP contribution in [0, 0.1) is 10.8 Å². The number of rotatable bonds is 5. The van der Waals surface area contributed by atoms with Crippen LogP contribution in [0.4, 0.5) is 0 Å². The van der Waals surface area contributed by atoms with Gasteiger partial charge < -0.3 is 19.5 Å². The number of hydrogen-bond donors (Lipinski definition) is 1. The molecule has 0 radical (unpaired) electrons. The first kappa shape index (κ1) is 14.4. The van der Waals surface area contributed by atoms with E-state index in [1.807, 2.05) is 13.3 Å². The van der Waals surface area contributed by atoms with Gasteiger partial charge >= 0.3 is 0 Å². The van der Waals surface area contributed by atoms with Crippen molar-refractivity contribution in [1.82, 2.24) is 5.32 Å². The summed E-state index contributed by atoms with van der Waals surface area (Å²) < 4.78 is 17.1. The summed E-state index contributed by atoms with van der Waals surface area (Å²) in [4.78, 5) is 0. The summed E-state index contributed by atoms with van der Waals surface area (Å²) in [5, 5.41) is 3.29. The molecule has 3 rings (SSSR count). The molecule has 2 unspecified atom stereocenters. The monoisotopic (exact) mass is 281 g/mol. The van der Waals surface area contributed by atoms with Crippen molar-refractivity contribution in [3.8, 4) is 0 Å². The van der Waals surface area contributed by atoms with Crippen molar-refractivity contribution in [2.24, 2.45) is 10.8 Å². The lowest BCUT2D eigenvalue weighted by Crippen LogP contribution is -2.34. The average Bonchev–Trinajstić information content (AvgIpc) is 3.10. The fourth-order valence-corrected chi connectivity index (χ4v) is 3.85. The molecule has 2 saturated heterocycles. The van der Waals surface area contributed by atoms with Gasteiger partial charge in [-0.15, -0.1) is 0 Å². The Hall–Kier alpha value is -0.580. The van der Waals surface area contributed by atoms with E-state index in [0.29, 0.717) is 5.41 Å². The zero-order valence-electron chi connectivity index (χ0n) is 12.6. The number of ether oxygens (including phenoxy) is 3. The fraction of sp³-hybridized carbons (Fsp3) is 0.875. The molecule has 2 fully saturated rings. The Morgan fingerprint density at radius 1 is 1.10 bits per heavy atom. The van der Waals surface area contributed by atoms with Crippen LogP contribution < -0.4 is 5.32 Å². The molecule has 3 aliphatic rings. The first-order valence-corrected chi connectivity index (χ1v) is 7.90. The van der Waals surface area contributed by atoms with Gasteiger partial charge in [0.2, 0.25) is 0 Å². The van der Waals surface area contributed by atoms with Gasteiger partial charge in [-0.05, 0) is 51.3 Å². The summed E-state index contributed by atoms with van der Waals surface area (Å²) in [6.45, 7) is 5.47. The summed E-state index contributed by atoms with van der Waals surface area (Å²) in [5.74, 6) is 0. The van der Waals surface area contributed by atoms with E-state index in [9.17, 15) is 0 Å². The van der Waals surface area contributed by atoms with E-state index in [4.69, 9.17) is 14.2 Å². The lowest BCUT2D eigenvalue weighted by Gasteiger charge is -2.38. The van der Waals surface area contributed by atoms with Crippen molar-refractivity contribution in [2.45, 2.75) is 32.1 Å². The van der Waals surface area contributed by atoms with Crippen LogP contribution in [0.5, 0.6) is 0 Å². The molecular formula is C16H27NO3. The smallest absolute Gasteiger partial charge is 0.0882 e. The summed E-state index contributed by atoms with van der Waals surface area (Å²) in [6, 6.07) is 0. The molecule has 20 heavy (non-hydrogen) atoms. The quantitative estimate of drug-likeness (QED) is 0.838. The van der Waals surface area contributed by atoms with Gasteiger partial charge in [0.05, 0.1) is 26.1 Å². The molecule has 2 atom stereocenters. The minimum Gasteiger partial charge on any atom is -0.501 e. The minimum atomic E-state index is 0.257. The van der Waals surface area contributed by atoms with Crippen molar-refractivity contribution in [1.29, 1.82) is 0 Å². The van der Waals surface area contributed by atoms with E-state index in [2.05, 4.69) is 5.32 Å². The van der Waals surface area contributed by atoms with Gasteiger partial charge in [0.15, 0.2) is 0 Å². The number of hydrogen-bond acceptors (Lipinski definition) is 4. The maximum absolute atomic E-state index is 5.72. The molecule has 1 N–H and O–H groups in total. The molecule has 1 spiro atoms. The molecule has 0 amide bonds. The highest BCUT2D eigenvalue weighted by molar-refractivity contribution is 5.19. The highest BCUT2D eigenvalue weighted by Crippen LogP contribution is 2.49. The second kappa shape index (κ2) is 6.04. The normalized spacial score (nSPS) is 37.1. The van der Waals surface area contributed by atoms with Crippen LogP contribution in [-0.2, 0) is 14.2 Å². The van der Waals surface area contributed by atoms with Crippen molar-refractivity contribution in [2.75, 3.05) is 46.6 Å². The molecule has 3 heterocycles. The molecule has 0 aliphatic carbocycles. The third-order valence-electron chi connectivity index (χ3n) is 5.36. The van der Waals surface area contributed by atoms with E-state index >= 15 is 0 Å². The third-order valence-corrected chi connectivity index (χ3v) is 5.36. The maximum Gasteiger partial charge on any atom is 0.0882 e. The van der Waals surface area contributed by atoms with Crippen molar-refractivity contribution in [3.63, 3.8) is 0 Å². The van der Waals surface area contributed by atoms with Gasteiger partial charge in [0.1, 0.15) is 0 Å². The topological polar surface area (TPSA) is 39.7 Å². The largest absolute Gasteiger partial charge is 0.501 e. The molecule has 114 valence electrons. The van der Waals surface area contributed by atoms with Crippen LogP contribution in [0.2, 0.25) is 0 Å². The lowest BCUT2D eigenvalue weighted by molar-refractivity contribution is 0.0965. The van der Waals surface area contributed by atoms with Crippen LogP contribution in [0.15, 0.2) is 11.8 Å². The second-order valence-electron chi connectivity index (χ2n) is 6.68. The maximum atomic E-state index is 5.72. The Balaban J connectivity index is 1.74. The molecule has 4 heteroatoms. The van der Waals surface area contributed by atoms with Crippen molar-refractivity contribution < 1.29 is 14.2 Å². The van der Waals surface area contributed by atoms with Crippen molar-refractivity contribution in [3.05, 3.63) is 11.8 Å². The minimum absolute atomic E-state index is 0.257. The second-order valence-corrected chi connectivity index (χ2v) is 6.68. The molecular weight excluding hydrogens is 254 g/mol. The lowest BCUT2D eigenvalue weighted by atomic mass is 9.68. The van der Waals surface area contributed by atoms with Gasteiger partial charge in [-0.2, -0.15) is 0 Å². The van der Waals surface area contributed by atoms with E-state index < -0.39 is 0 Å². The van der Waals surface area contributed by atoms with Crippen LogP contribution in [0.25, 0.3) is 0 Å². The standard InChI is InChI=1S/C16H27NO3/c1-17-6-2-15(3-7-19-12-15)10-14-11-18-8-4-16(14)5-9-20-13-16/h11,17H,2-10,12-13H2,1H3. The molecule has 0 bridgehead atoms. The Kier molecular flexibility index (Phi) is 4.34. The van der Waals surface area contributed by atoms with Gasteiger partial charge in [0.25, 0.3) is 0 Å². The zero-order valence-corrected chi connectivity index (χ0v) is 12.6. The molecule has 0 aromatic carbocycles. The highest BCUT2D eigenvalue weighted by atomic mass is 16.5. The van der Waals surface area contributed by atoms with Crippen molar-refractivity contribution >= 4 is 0 Å². The van der Waals surface area contributed by atoms with Crippen LogP contribution >= 0.6 is 0 Å². The van der Waals surface area contributed by atoms with Gasteiger partial charge in [-0.25, -0.2) is 0 Å². The Labute approximate surface area is 121 Å². The van der Waals surface area contributed by atoms with E-state index in [1.165, 1.54) is 18.4 Å². The van der Waals surface area contributed by atoms with Crippen LogP contribution in [0.1, 0.15) is 32.1 Å². The summed E-state index contributed by atoms with van der Waals surface area (Å²) in [5.41, 5.74) is 2.03. The average molecular weight is 281 g/mol. The predicted molar refractivity (Wildman–Crippen MR) is 77.6 cm³/mol. The first-order chi connectivity index (χ1) is 9.79. The third kappa shape index (κ3) is 2.74. The summed E-state index contributed by atoms with van der Waals surface area (Å²) in [7, 11) is 2.03. The van der Waals surface area contributed by atoms with Gasteiger partial charge in [-0.3, -0.25) is 0 Å². The summed E-state index contributed by atoms with van der Waals surface area (Å²) in [6.07, 6.45) is 7.77. The Morgan fingerprint density at radius 3 is 2.60 bits per heavy atom. The number of nitrogens with one attached hydrogen (secondary N) is 1. The van der Waals surface area contributed by atoms with Gasteiger partial charge in [0, 0.05) is 24.0 Å². The zero-order chi connectivity index (χ0) is 13.9. The Morgan fingerprint density at radius 2 is 1.90 bits per heavy atom. The molecule has 0 aromatic rings. The molecule has 0 saturated carbocycles. The first-order valence-electron chi connectivity index (χ1n) is 7.90. The van der Waals surface area contributed by atoms with Crippen LogP contribution in [-0.4, -0.2) is 46.6 Å². The van der Waals surface area contributed by atoms with Gasteiger partial charge in [-0.1, -0.05) is 0 Å². The van der Waals surface area contributed by atoms with Crippen LogP contribution in [0.3, 0.4) is 0 Å². The highest BCUT2D eigenvalue weighted by Gasteiger charge is 2.45. The predicted octanol–water partition coefficient (Wildman–Crippen LogP) is 2.10. The molecule has 4 nitrogen and oxygen atoms in total.